The van der Waals surface area contributed by atoms with Crippen LogP contribution in [-0.4, -0.2) is 35.9 Å². The molecule has 0 aliphatic carbocycles. The van der Waals surface area contributed by atoms with E-state index in [0.29, 0.717) is 17.2 Å². The number of sulfonamides is 1. The summed E-state index contributed by atoms with van der Waals surface area (Å²) in [5.41, 5.74) is 3.49. The highest BCUT2D eigenvalue weighted by atomic mass is 32.2. The highest BCUT2D eigenvalue weighted by molar-refractivity contribution is 7.92. The molecule has 11 heteroatoms. The molecular formula is C17H18N6O4S. The van der Waals surface area contributed by atoms with Crippen LogP contribution >= 0.6 is 0 Å². The molecule has 2 amide bonds. The number of nitrogens with one attached hydrogen (secondary N) is 3. The summed E-state index contributed by atoms with van der Waals surface area (Å²) >= 11 is 0. The first-order valence-electron chi connectivity index (χ1n) is 8.35. The topological polar surface area (TPSA) is 143 Å². The van der Waals surface area contributed by atoms with Crippen LogP contribution < -0.4 is 15.5 Å². The van der Waals surface area contributed by atoms with Gasteiger partial charge in [-0.3, -0.25) is 14.3 Å². The molecule has 146 valence electrons. The Morgan fingerprint density at radius 3 is 2.43 bits per heavy atom. The minimum atomic E-state index is -3.84. The zero-order valence-corrected chi connectivity index (χ0v) is 16.0. The molecule has 1 aliphatic rings. The Labute approximate surface area is 161 Å². The van der Waals surface area contributed by atoms with Crippen LogP contribution in [0.15, 0.2) is 40.3 Å². The first-order valence-corrected chi connectivity index (χ1v) is 9.83. The van der Waals surface area contributed by atoms with Gasteiger partial charge < -0.3 is 5.32 Å². The number of benzene rings is 1. The van der Waals surface area contributed by atoms with E-state index in [4.69, 9.17) is 0 Å². The van der Waals surface area contributed by atoms with Gasteiger partial charge >= 0.3 is 0 Å². The Balaban J connectivity index is 1.70. The number of carbonyl (C=O) groups excluding carboxylic acids is 2. The monoisotopic (exact) mass is 402 g/mol. The number of rotatable bonds is 5. The van der Waals surface area contributed by atoms with Crippen LogP contribution in [0.4, 0.5) is 11.5 Å². The lowest BCUT2D eigenvalue weighted by molar-refractivity contribution is -0.121. The first kappa shape index (κ1) is 19.4. The summed E-state index contributed by atoms with van der Waals surface area (Å²) in [6.07, 6.45) is 0.433. The molecule has 0 radical (unpaired) electrons. The molecule has 28 heavy (non-hydrogen) atoms. The van der Waals surface area contributed by atoms with Crippen molar-refractivity contribution in [1.82, 2.24) is 15.4 Å². The van der Waals surface area contributed by atoms with E-state index < -0.39 is 15.9 Å². The average molecular weight is 402 g/mol. The Morgan fingerprint density at radius 1 is 1.11 bits per heavy atom. The summed E-state index contributed by atoms with van der Waals surface area (Å²) in [6, 6.07) is 7.19. The molecule has 3 rings (SSSR count). The van der Waals surface area contributed by atoms with Crippen LogP contribution in [0.2, 0.25) is 0 Å². The van der Waals surface area contributed by atoms with Crippen molar-refractivity contribution in [3.8, 4) is 0 Å². The fourth-order valence-corrected chi connectivity index (χ4v) is 3.52. The van der Waals surface area contributed by atoms with Crippen molar-refractivity contribution in [2.45, 2.75) is 31.6 Å². The van der Waals surface area contributed by atoms with Crippen LogP contribution in [0.5, 0.6) is 0 Å². The van der Waals surface area contributed by atoms with E-state index in [0.717, 1.165) is 0 Å². The number of anilines is 2. The molecule has 0 saturated heterocycles. The maximum atomic E-state index is 12.5. The van der Waals surface area contributed by atoms with Gasteiger partial charge in [0, 0.05) is 30.3 Å². The van der Waals surface area contributed by atoms with E-state index in [1.165, 1.54) is 30.3 Å². The van der Waals surface area contributed by atoms with Crippen LogP contribution in [0, 0.1) is 13.8 Å². The van der Waals surface area contributed by atoms with Gasteiger partial charge in [-0.25, -0.2) is 23.8 Å². The Bertz CT molecular complexity index is 1040. The molecule has 1 aliphatic heterocycles. The zero-order valence-electron chi connectivity index (χ0n) is 15.2. The van der Waals surface area contributed by atoms with Crippen molar-refractivity contribution in [2.75, 3.05) is 10.0 Å². The first-order chi connectivity index (χ1) is 13.2. The molecule has 3 N–H and O–H groups in total. The molecule has 0 fully saturated rings. The van der Waals surface area contributed by atoms with Gasteiger partial charge in [0.25, 0.3) is 15.9 Å². The number of aryl methyl sites for hydroxylation is 2. The van der Waals surface area contributed by atoms with Crippen molar-refractivity contribution in [1.29, 1.82) is 0 Å². The van der Waals surface area contributed by atoms with Gasteiger partial charge in [0.15, 0.2) is 0 Å². The van der Waals surface area contributed by atoms with Crippen molar-refractivity contribution in [3.63, 3.8) is 0 Å². The van der Waals surface area contributed by atoms with Crippen molar-refractivity contribution >= 4 is 39.1 Å². The summed E-state index contributed by atoms with van der Waals surface area (Å²) in [6.45, 7) is 3.41. The quantitative estimate of drug-likeness (QED) is 0.683. The number of aromatic nitrogens is 2. The van der Waals surface area contributed by atoms with Crippen molar-refractivity contribution in [2.24, 2.45) is 5.10 Å². The Morgan fingerprint density at radius 2 is 1.82 bits per heavy atom. The Hall–Kier alpha value is -3.34. The lowest BCUT2D eigenvalue weighted by atomic mass is 10.1. The van der Waals surface area contributed by atoms with E-state index in [9.17, 15) is 18.0 Å². The van der Waals surface area contributed by atoms with E-state index in [2.05, 4.69) is 30.5 Å². The van der Waals surface area contributed by atoms with Crippen LogP contribution in [0.1, 0.15) is 24.4 Å². The van der Waals surface area contributed by atoms with Gasteiger partial charge in [0.2, 0.25) is 5.91 Å². The van der Waals surface area contributed by atoms with Gasteiger partial charge in [-0.2, -0.15) is 5.10 Å². The molecule has 1 aromatic carbocycles. The zero-order chi connectivity index (χ0) is 20.3. The third-order valence-corrected chi connectivity index (χ3v) is 5.16. The second-order valence-electron chi connectivity index (χ2n) is 6.12. The summed E-state index contributed by atoms with van der Waals surface area (Å²) in [4.78, 5) is 31.4. The molecule has 2 aromatic rings. The number of amides is 2. The van der Waals surface area contributed by atoms with Crippen LogP contribution in [-0.2, 0) is 19.6 Å². The standard InChI is InChI=1S/C17H18N6O4S/c1-10-9-15(19-11(2)18-10)23-28(26,27)13-5-3-12(4-6-13)20-17(25)14-7-8-16(24)22-21-14/h3-6,9H,7-8H2,1-2H3,(H,20,25)(H,22,24)(H,18,19,23). The fourth-order valence-electron chi connectivity index (χ4n) is 2.52. The van der Waals surface area contributed by atoms with Crippen molar-refractivity contribution in [3.05, 3.63) is 41.9 Å². The maximum Gasteiger partial charge on any atom is 0.271 e. The van der Waals surface area contributed by atoms with Crippen LogP contribution in [0.3, 0.4) is 0 Å². The normalized spacial score (nSPS) is 14.1. The number of hydrogen-bond acceptors (Lipinski definition) is 7. The van der Waals surface area contributed by atoms with E-state index in [1.807, 2.05) is 0 Å². The number of hydrazone groups is 1. The summed E-state index contributed by atoms with van der Waals surface area (Å²) < 4.78 is 27.4. The highest BCUT2D eigenvalue weighted by Crippen LogP contribution is 2.18. The molecule has 0 unspecified atom stereocenters. The van der Waals surface area contributed by atoms with Gasteiger partial charge in [0.05, 0.1) is 4.90 Å². The highest BCUT2D eigenvalue weighted by Gasteiger charge is 2.19. The molecule has 1 aromatic heterocycles. The van der Waals surface area contributed by atoms with Gasteiger partial charge in [-0.15, -0.1) is 0 Å². The third-order valence-electron chi connectivity index (χ3n) is 3.79. The molecule has 2 heterocycles. The maximum absolute atomic E-state index is 12.5. The lowest BCUT2D eigenvalue weighted by Gasteiger charge is -2.12. The fraction of sp³-hybridized carbons (Fsp3) is 0.235. The lowest BCUT2D eigenvalue weighted by Crippen LogP contribution is -2.32. The smallest absolute Gasteiger partial charge is 0.271 e. The Kier molecular flexibility index (Phi) is 5.36. The summed E-state index contributed by atoms with van der Waals surface area (Å²) in [7, 11) is -3.84. The predicted octanol–water partition coefficient (Wildman–Crippen LogP) is 1.10. The number of nitrogens with zero attached hydrogens (tertiary/aromatic N) is 3. The minimum absolute atomic E-state index is 0.0155. The average Bonchev–Trinajstić information content (AvgIpc) is 2.61. The van der Waals surface area contributed by atoms with E-state index in [-0.39, 0.29) is 35.2 Å². The molecule has 10 nitrogen and oxygen atoms in total. The third kappa shape index (κ3) is 4.68. The SMILES string of the molecule is Cc1cc(NS(=O)(=O)c2ccc(NC(=O)C3=NNC(=O)CC3)cc2)nc(C)n1. The molecule has 0 atom stereocenters. The van der Waals surface area contributed by atoms with Gasteiger partial charge in [0.1, 0.15) is 17.4 Å². The number of hydrogen-bond donors (Lipinski definition) is 3. The molecule has 0 spiro atoms. The number of carbonyl (C=O) groups is 2. The van der Waals surface area contributed by atoms with Gasteiger partial charge in [-0.05, 0) is 38.1 Å². The summed E-state index contributed by atoms with van der Waals surface area (Å²) in [5, 5.41) is 6.32. The second kappa shape index (κ2) is 7.72. The van der Waals surface area contributed by atoms with Gasteiger partial charge in [-0.1, -0.05) is 0 Å². The molecular weight excluding hydrogens is 384 g/mol. The second-order valence-corrected chi connectivity index (χ2v) is 7.80. The predicted molar refractivity (Wildman–Crippen MR) is 102 cm³/mol. The molecule has 0 saturated carbocycles. The largest absolute Gasteiger partial charge is 0.321 e. The summed E-state index contributed by atoms with van der Waals surface area (Å²) in [5.74, 6) is -0.0642. The van der Waals surface area contributed by atoms with Crippen LogP contribution in [0.25, 0.3) is 0 Å². The van der Waals surface area contributed by atoms with E-state index >= 15 is 0 Å². The van der Waals surface area contributed by atoms with E-state index in [1.54, 1.807) is 13.8 Å². The minimum Gasteiger partial charge on any atom is -0.321 e. The molecule has 0 bridgehead atoms. The van der Waals surface area contributed by atoms with Crippen molar-refractivity contribution < 1.29 is 18.0 Å².